The van der Waals surface area contributed by atoms with Crippen LogP contribution in [0.2, 0.25) is 0 Å². The molecule has 1 aliphatic rings. The summed E-state index contributed by atoms with van der Waals surface area (Å²) in [7, 11) is 0. The summed E-state index contributed by atoms with van der Waals surface area (Å²) in [5, 5.41) is 11.2. The first kappa shape index (κ1) is 22.3. The van der Waals surface area contributed by atoms with Crippen molar-refractivity contribution in [2.75, 3.05) is 11.5 Å². The number of benzene rings is 3. The second kappa shape index (κ2) is 9.33. The summed E-state index contributed by atoms with van der Waals surface area (Å²) in [6.45, 7) is 6.50. The molecule has 1 unspecified atom stereocenters. The number of carbonyl (C=O) groups excluding carboxylic acids is 2. The standard InChI is InChI=1S/C28H27NO4/c1-4-15-33-23-12-8-11-22(17-23)29-25(20-9-6-5-7-10-20)24(27(31)28(29)32)26(30)21-14-13-18(2)19(3)16-21/h5-14,16-17,25,30H,4,15H2,1-3H3/b26-24+. The number of Topliss-reactive ketones (excluding diaryl/α,β-unsaturated/α-hetero) is 1. The number of aliphatic hydroxyl groups excluding tert-OH is 1. The number of aliphatic hydroxyl groups is 1. The summed E-state index contributed by atoms with van der Waals surface area (Å²) < 4.78 is 5.74. The minimum absolute atomic E-state index is 0.0781. The number of aryl methyl sites for hydroxylation is 2. The maximum atomic E-state index is 13.3. The van der Waals surface area contributed by atoms with Crippen LogP contribution in [0.15, 0.2) is 78.4 Å². The van der Waals surface area contributed by atoms with Crippen LogP contribution in [0.25, 0.3) is 5.76 Å². The van der Waals surface area contributed by atoms with Crippen LogP contribution in [0.4, 0.5) is 5.69 Å². The minimum Gasteiger partial charge on any atom is -0.507 e. The van der Waals surface area contributed by atoms with Gasteiger partial charge in [0.1, 0.15) is 11.5 Å². The number of carbonyl (C=O) groups is 2. The van der Waals surface area contributed by atoms with Gasteiger partial charge in [-0.25, -0.2) is 0 Å². The Balaban J connectivity index is 1.89. The summed E-state index contributed by atoms with van der Waals surface area (Å²) in [4.78, 5) is 28.0. The number of nitrogens with zero attached hydrogens (tertiary/aromatic N) is 1. The highest BCUT2D eigenvalue weighted by molar-refractivity contribution is 6.51. The monoisotopic (exact) mass is 441 g/mol. The molecule has 5 nitrogen and oxygen atoms in total. The van der Waals surface area contributed by atoms with E-state index in [1.165, 1.54) is 4.90 Å². The van der Waals surface area contributed by atoms with Gasteiger partial charge in [0.25, 0.3) is 11.7 Å². The molecule has 4 rings (SSSR count). The fraction of sp³-hybridized carbons (Fsp3) is 0.214. The van der Waals surface area contributed by atoms with Gasteiger partial charge in [0, 0.05) is 17.3 Å². The highest BCUT2D eigenvalue weighted by Gasteiger charge is 2.47. The predicted octanol–water partition coefficient (Wildman–Crippen LogP) is 5.72. The van der Waals surface area contributed by atoms with Crippen molar-refractivity contribution in [3.8, 4) is 5.75 Å². The third-order valence-corrected chi connectivity index (χ3v) is 5.91. The van der Waals surface area contributed by atoms with E-state index in [0.717, 1.165) is 23.1 Å². The van der Waals surface area contributed by atoms with Crippen LogP contribution in [-0.2, 0) is 9.59 Å². The number of ketones is 1. The normalized spacial score (nSPS) is 17.4. The first-order chi connectivity index (χ1) is 15.9. The Morgan fingerprint density at radius 2 is 1.70 bits per heavy atom. The van der Waals surface area contributed by atoms with Gasteiger partial charge in [-0.05, 0) is 55.2 Å². The van der Waals surface area contributed by atoms with E-state index < -0.39 is 17.7 Å². The average Bonchev–Trinajstić information content (AvgIpc) is 3.10. The van der Waals surface area contributed by atoms with Crippen molar-refractivity contribution in [2.45, 2.75) is 33.2 Å². The van der Waals surface area contributed by atoms with Crippen molar-refractivity contribution >= 4 is 23.1 Å². The van der Waals surface area contributed by atoms with E-state index >= 15 is 0 Å². The molecule has 5 heteroatoms. The molecule has 1 saturated heterocycles. The molecule has 1 amide bonds. The fourth-order valence-corrected chi connectivity index (χ4v) is 4.04. The van der Waals surface area contributed by atoms with Gasteiger partial charge in [0.2, 0.25) is 0 Å². The molecule has 3 aromatic rings. The second-order valence-corrected chi connectivity index (χ2v) is 8.22. The molecule has 3 aromatic carbocycles. The fourth-order valence-electron chi connectivity index (χ4n) is 4.04. The first-order valence-corrected chi connectivity index (χ1v) is 11.1. The van der Waals surface area contributed by atoms with Gasteiger partial charge in [-0.3, -0.25) is 14.5 Å². The molecule has 0 spiro atoms. The maximum Gasteiger partial charge on any atom is 0.300 e. The highest BCUT2D eigenvalue weighted by Crippen LogP contribution is 2.42. The minimum atomic E-state index is -0.755. The lowest BCUT2D eigenvalue weighted by atomic mass is 9.94. The van der Waals surface area contributed by atoms with Crippen LogP contribution in [0.1, 0.15) is 41.6 Å². The molecule has 0 radical (unpaired) electrons. The van der Waals surface area contributed by atoms with Crippen LogP contribution in [0, 0.1) is 13.8 Å². The van der Waals surface area contributed by atoms with Crippen molar-refractivity contribution in [3.63, 3.8) is 0 Å². The molecule has 168 valence electrons. The number of rotatable bonds is 6. The summed E-state index contributed by atoms with van der Waals surface area (Å²) in [5.41, 5.74) is 3.94. The van der Waals surface area contributed by atoms with Crippen molar-refractivity contribution in [3.05, 3.63) is 101 Å². The van der Waals surface area contributed by atoms with E-state index in [-0.39, 0.29) is 11.3 Å². The molecule has 1 aliphatic heterocycles. The smallest absolute Gasteiger partial charge is 0.300 e. The number of amides is 1. The Kier molecular flexibility index (Phi) is 6.31. The van der Waals surface area contributed by atoms with Gasteiger partial charge in [0.05, 0.1) is 18.2 Å². The number of hydrogen-bond acceptors (Lipinski definition) is 4. The lowest BCUT2D eigenvalue weighted by Crippen LogP contribution is -2.29. The SMILES string of the molecule is CCCOc1cccc(N2C(=O)C(=O)/C(=C(/O)c3ccc(C)c(C)c3)C2c2ccccc2)c1. The van der Waals surface area contributed by atoms with Crippen LogP contribution < -0.4 is 9.64 Å². The van der Waals surface area contributed by atoms with Crippen LogP contribution >= 0.6 is 0 Å². The molecule has 1 atom stereocenters. The zero-order valence-electron chi connectivity index (χ0n) is 19.0. The third-order valence-electron chi connectivity index (χ3n) is 5.91. The summed E-state index contributed by atoms with van der Waals surface area (Å²) in [6.07, 6.45) is 0.856. The highest BCUT2D eigenvalue weighted by atomic mass is 16.5. The number of anilines is 1. The number of ether oxygens (including phenoxy) is 1. The van der Waals surface area contributed by atoms with Gasteiger partial charge >= 0.3 is 0 Å². The Morgan fingerprint density at radius 1 is 0.939 bits per heavy atom. The van der Waals surface area contributed by atoms with Crippen molar-refractivity contribution in [2.24, 2.45) is 0 Å². The summed E-state index contributed by atoms with van der Waals surface area (Å²) >= 11 is 0. The largest absolute Gasteiger partial charge is 0.507 e. The van der Waals surface area contributed by atoms with Crippen LogP contribution in [0.3, 0.4) is 0 Å². The molecule has 1 N–H and O–H groups in total. The van der Waals surface area contributed by atoms with Crippen molar-refractivity contribution < 1.29 is 19.4 Å². The average molecular weight is 442 g/mol. The van der Waals surface area contributed by atoms with Gasteiger partial charge in [-0.2, -0.15) is 0 Å². The van der Waals surface area contributed by atoms with Crippen molar-refractivity contribution in [1.29, 1.82) is 0 Å². The van der Waals surface area contributed by atoms with E-state index in [1.54, 1.807) is 24.3 Å². The van der Waals surface area contributed by atoms with E-state index in [9.17, 15) is 14.7 Å². The summed E-state index contributed by atoms with van der Waals surface area (Å²) in [5.74, 6) is -0.940. The lowest BCUT2D eigenvalue weighted by Gasteiger charge is -2.26. The maximum absolute atomic E-state index is 13.3. The molecular weight excluding hydrogens is 414 g/mol. The van der Waals surface area contributed by atoms with E-state index in [2.05, 4.69) is 0 Å². The zero-order valence-corrected chi connectivity index (χ0v) is 19.0. The molecule has 1 heterocycles. The van der Waals surface area contributed by atoms with Crippen molar-refractivity contribution in [1.82, 2.24) is 0 Å². The van der Waals surface area contributed by atoms with E-state index in [4.69, 9.17) is 4.74 Å². The van der Waals surface area contributed by atoms with Crippen LogP contribution in [-0.4, -0.2) is 23.4 Å². The van der Waals surface area contributed by atoms with Crippen LogP contribution in [0.5, 0.6) is 5.75 Å². The molecule has 0 aliphatic carbocycles. The Labute approximate surface area is 193 Å². The topological polar surface area (TPSA) is 66.8 Å². The van der Waals surface area contributed by atoms with Gasteiger partial charge in [-0.15, -0.1) is 0 Å². The summed E-state index contributed by atoms with van der Waals surface area (Å²) in [6, 6.07) is 21.2. The lowest BCUT2D eigenvalue weighted by molar-refractivity contribution is -0.132. The molecule has 1 fully saturated rings. The third kappa shape index (κ3) is 4.27. The zero-order chi connectivity index (χ0) is 23.5. The Morgan fingerprint density at radius 3 is 2.39 bits per heavy atom. The molecule has 33 heavy (non-hydrogen) atoms. The molecular formula is C28H27NO4. The molecule has 0 saturated carbocycles. The predicted molar refractivity (Wildman–Crippen MR) is 129 cm³/mol. The van der Waals surface area contributed by atoms with Gasteiger partial charge in [0.15, 0.2) is 0 Å². The molecule has 0 aromatic heterocycles. The Hall–Kier alpha value is -3.86. The van der Waals surface area contributed by atoms with Gasteiger partial charge in [-0.1, -0.05) is 55.5 Å². The number of hydrogen-bond donors (Lipinski definition) is 1. The Bertz CT molecular complexity index is 1230. The first-order valence-electron chi connectivity index (χ1n) is 11.1. The molecule has 0 bridgehead atoms. The van der Waals surface area contributed by atoms with Gasteiger partial charge < -0.3 is 9.84 Å². The van der Waals surface area contributed by atoms with E-state index in [1.807, 2.05) is 69.3 Å². The second-order valence-electron chi connectivity index (χ2n) is 8.22. The quantitative estimate of drug-likeness (QED) is 0.302. The van der Waals surface area contributed by atoms with E-state index in [0.29, 0.717) is 23.6 Å².